The number of aryl methyl sites for hydroxylation is 1. The standard InChI is InChI=1S/C17H27N5O3/c1-3-13-4-5-14(20-16(13)18-2)6-7-19-17(25)22-10-8-21(9-11-22)12-15(23)24/h4-5H,3,6-12H2,1-2H3,(H,18,20)(H,19,25)(H,23,24). The zero-order valence-electron chi connectivity index (χ0n) is 14.9. The molecular formula is C17H27N5O3. The second kappa shape index (κ2) is 9.22. The van der Waals surface area contributed by atoms with Crippen LogP contribution in [0, 0.1) is 0 Å². The lowest BCUT2D eigenvalue weighted by Gasteiger charge is -2.33. The molecule has 1 fully saturated rings. The molecule has 0 unspecified atom stereocenters. The minimum absolute atomic E-state index is 0.0304. The number of pyridine rings is 1. The summed E-state index contributed by atoms with van der Waals surface area (Å²) in [6.07, 6.45) is 1.59. The third kappa shape index (κ3) is 5.60. The first-order chi connectivity index (χ1) is 12.0. The molecule has 0 saturated carbocycles. The molecule has 0 radical (unpaired) electrons. The van der Waals surface area contributed by atoms with Crippen molar-refractivity contribution in [2.24, 2.45) is 0 Å². The van der Waals surface area contributed by atoms with Crippen molar-refractivity contribution in [2.75, 3.05) is 51.6 Å². The van der Waals surface area contributed by atoms with Crippen LogP contribution in [0.5, 0.6) is 0 Å². The van der Waals surface area contributed by atoms with Gasteiger partial charge in [0.2, 0.25) is 0 Å². The van der Waals surface area contributed by atoms with Crippen LogP contribution < -0.4 is 10.6 Å². The van der Waals surface area contributed by atoms with E-state index in [2.05, 4.69) is 28.6 Å². The molecule has 2 amide bonds. The number of urea groups is 1. The number of carboxylic acids is 1. The van der Waals surface area contributed by atoms with E-state index in [9.17, 15) is 9.59 Å². The van der Waals surface area contributed by atoms with E-state index >= 15 is 0 Å². The third-order valence-electron chi connectivity index (χ3n) is 4.33. The Bertz CT molecular complexity index is 600. The number of hydrogen-bond donors (Lipinski definition) is 3. The van der Waals surface area contributed by atoms with E-state index < -0.39 is 5.97 Å². The summed E-state index contributed by atoms with van der Waals surface area (Å²) in [5.41, 5.74) is 2.11. The lowest BCUT2D eigenvalue weighted by molar-refractivity contribution is -0.138. The Hall–Kier alpha value is -2.35. The molecule has 1 aromatic heterocycles. The Kier molecular flexibility index (Phi) is 7.00. The zero-order valence-corrected chi connectivity index (χ0v) is 14.9. The summed E-state index contributed by atoms with van der Waals surface area (Å²) in [7, 11) is 1.86. The van der Waals surface area contributed by atoms with Crippen LogP contribution in [0.3, 0.4) is 0 Å². The fraction of sp³-hybridized carbons (Fsp3) is 0.588. The van der Waals surface area contributed by atoms with Crippen LogP contribution in [-0.2, 0) is 17.6 Å². The Morgan fingerprint density at radius 2 is 1.96 bits per heavy atom. The molecule has 1 aromatic rings. The molecule has 2 rings (SSSR count). The van der Waals surface area contributed by atoms with Crippen LogP contribution in [0.25, 0.3) is 0 Å². The number of hydrogen-bond acceptors (Lipinski definition) is 5. The minimum atomic E-state index is -0.833. The number of aliphatic carboxylic acids is 1. The Morgan fingerprint density at radius 3 is 2.56 bits per heavy atom. The summed E-state index contributed by atoms with van der Waals surface area (Å²) in [6.45, 7) is 4.92. The van der Waals surface area contributed by atoms with Crippen molar-refractivity contribution in [1.82, 2.24) is 20.1 Å². The van der Waals surface area contributed by atoms with E-state index in [1.165, 1.54) is 5.56 Å². The van der Waals surface area contributed by atoms with Gasteiger partial charge in [0.05, 0.1) is 6.54 Å². The van der Waals surface area contributed by atoms with Crippen molar-refractivity contribution < 1.29 is 14.7 Å². The molecule has 138 valence electrons. The molecule has 2 heterocycles. The summed E-state index contributed by atoms with van der Waals surface area (Å²) in [4.78, 5) is 31.0. The second-order valence-corrected chi connectivity index (χ2v) is 6.05. The topological polar surface area (TPSA) is 97.8 Å². The smallest absolute Gasteiger partial charge is 0.317 e. The van der Waals surface area contributed by atoms with Crippen LogP contribution >= 0.6 is 0 Å². The number of rotatable bonds is 7. The number of nitrogens with one attached hydrogen (secondary N) is 2. The highest BCUT2D eigenvalue weighted by molar-refractivity contribution is 5.74. The fourth-order valence-electron chi connectivity index (χ4n) is 2.88. The number of anilines is 1. The van der Waals surface area contributed by atoms with Crippen molar-refractivity contribution in [2.45, 2.75) is 19.8 Å². The predicted molar refractivity (Wildman–Crippen MR) is 95.9 cm³/mol. The van der Waals surface area contributed by atoms with Gasteiger partial charge in [0.1, 0.15) is 5.82 Å². The SMILES string of the molecule is CCc1ccc(CCNC(=O)N2CCN(CC(=O)O)CC2)nc1NC. The van der Waals surface area contributed by atoms with E-state index in [0.29, 0.717) is 39.1 Å². The van der Waals surface area contributed by atoms with Crippen molar-refractivity contribution in [1.29, 1.82) is 0 Å². The summed E-state index contributed by atoms with van der Waals surface area (Å²) in [6, 6.07) is 3.96. The van der Waals surface area contributed by atoms with Crippen LogP contribution in [0.4, 0.5) is 10.6 Å². The molecule has 1 aliphatic rings. The maximum atomic E-state index is 12.2. The summed E-state index contributed by atoms with van der Waals surface area (Å²) < 4.78 is 0. The molecular weight excluding hydrogens is 322 g/mol. The van der Waals surface area contributed by atoms with Gasteiger partial charge in [-0.3, -0.25) is 9.69 Å². The third-order valence-corrected chi connectivity index (χ3v) is 4.33. The van der Waals surface area contributed by atoms with Gasteiger partial charge in [-0.25, -0.2) is 9.78 Å². The quantitative estimate of drug-likeness (QED) is 0.668. The van der Waals surface area contributed by atoms with Gasteiger partial charge in [0, 0.05) is 51.9 Å². The fourth-order valence-corrected chi connectivity index (χ4v) is 2.88. The molecule has 1 saturated heterocycles. The van der Waals surface area contributed by atoms with Gasteiger partial charge in [-0.2, -0.15) is 0 Å². The summed E-state index contributed by atoms with van der Waals surface area (Å²) in [5, 5.41) is 14.8. The largest absolute Gasteiger partial charge is 0.480 e. The maximum Gasteiger partial charge on any atom is 0.317 e. The van der Waals surface area contributed by atoms with Gasteiger partial charge >= 0.3 is 12.0 Å². The van der Waals surface area contributed by atoms with Gasteiger partial charge < -0.3 is 20.6 Å². The summed E-state index contributed by atoms with van der Waals surface area (Å²) >= 11 is 0. The summed E-state index contributed by atoms with van der Waals surface area (Å²) in [5.74, 6) is 0.0568. The lowest BCUT2D eigenvalue weighted by Crippen LogP contribution is -2.52. The number of aromatic nitrogens is 1. The second-order valence-electron chi connectivity index (χ2n) is 6.05. The number of carbonyl (C=O) groups is 2. The van der Waals surface area contributed by atoms with Crippen molar-refractivity contribution in [3.05, 3.63) is 23.4 Å². The lowest BCUT2D eigenvalue weighted by atomic mass is 10.1. The normalized spacial score (nSPS) is 15.0. The van der Waals surface area contributed by atoms with Crippen LogP contribution in [-0.4, -0.2) is 78.2 Å². The predicted octanol–water partition coefficient (Wildman–Crippen LogP) is 0.640. The highest BCUT2D eigenvalue weighted by Gasteiger charge is 2.21. The van der Waals surface area contributed by atoms with Gasteiger partial charge in [-0.1, -0.05) is 13.0 Å². The van der Waals surface area contributed by atoms with Crippen LogP contribution in [0.2, 0.25) is 0 Å². The monoisotopic (exact) mass is 349 g/mol. The number of amides is 2. The van der Waals surface area contributed by atoms with E-state index in [0.717, 1.165) is 17.9 Å². The highest BCUT2D eigenvalue weighted by atomic mass is 16.4. The Morgan fingerprint density at radius 1 is 1.24 bits per heavy atom. The number of carbonyl (C=O) groups excluding carboxylic acids is 1. The van der Waals surface area contributed by atoms with Crippen molar-refractivity contribution >= 4 is 17.8 Å². The van der Waals surface area contributed by atoms with Gasteiger partial charge in [0.25, 0.3) is 0 Å². The molecule has 0 aromatic carbocycles. The van der Waals surface area contributed by atoms with Gasteiger partial charge in [-0.05, 0) is 18.1 Å². The highest BCUT2D eigenvalue weighted by Crippen LogP contribution is 2.13. The first kappa shape index (κ1) is 19.0. The van der Waals surface area contributed by atoms with E-state index in [1.54, 1.807) is 4.90 Å². The zero-order chi connectivity index (χ0) is 18.2. The van der Waals surface area contributed by atoms with Crippen LogP contribution in [0.15, 0.2) is 12.1 Å². The first-order valence-corrected chi connectivity index (χ1v) is 8.67. The molecule has 8 heteroatoms. The minimum Gasteiger partial charge on any atom is -0.480 e. The molecule has 3 N–H and O–H groups in total. The average Bonchev–Trinajstić information content (AvgIpc) is 2.61. The maximum absolute atomic E-state index is 12.2. The Balaban J connectivity index is 1.75. The number of nitrogens with zero attached hydrogens (tertiary/aromatic N) is 3. The number of carboxylic acid groups (broad SMARTS) is 1. The average molecular weight is 349 g/mol. The first-order valence-electron chi connectivity index (χ1n) is 8.67. The van der Waals surface area contributed by atoms with E-state index in [1.807, 2.05) is 18.0 Å². The van der Waals surface area contributed by atoms with E-state index in [4.69, 9.17) is 5.11 Å². The molecule has 0 atom stereocenters. The number of piperazine rings is 1. The Labute approximate surface area is 148 Å². The molecule has 0 spiro atoms. The molecule has 0 bridgehead atoms. The van der Waals surface area contributed by atoms with Gasteiger partial charge in [-0.15, -0.1) is 0 Å². The van der Waals surface area contributed by atoms with Crippen molar-refractivity contribution in [3.8, 4) is 0 Å². The van der Waals surface area contributed by atoms with Gasteiger partial charge in [0.15, 0.2) is 0 Å². The van der Waals surface area contributed by atoms with Crippen LogP contribution in [0.1, 0.15) is 18.2 Å². The van der Waals surface area contributed by atoms with Crippen molar-refractivity contribution in [3.63, 3.8) is 0 Å². The molecule has 0 aliphatic carbocycles. The molecule has 8 nitrogen and oxygen atoms in total. The molecule has 25 heavy (non-hydrogen) atoms. The van der Waals surface area contributed by atoms with E-state index in [-0.39, 0.29) is 12.6 Å². The molecule has 1 aliphatic heterocycles.